The molecule has 2 atom stereocenters. The number of hydrogen-bond acceptors (Lipinski definition) is 18. The molecule has 0 fully saturated rings. The van der Waals surface area contributed by atoms with Crippen LogP contribution in [0.15, 0.2) is 170 Å². The molecule has 28 heteroatoms. The topological polar surface area (TPSA) is 323 Å². The zero-order chi connectivity index (χ0) is 76.0. The summed E-state index contributed by atoms with van der Waals surface area (Å²) in [5.41, 5.74) is 4.12. The second-order valence-corrected chi connectivity index (χ2v) is 24.2. The van der Waals surface area contributed by atoms with Crippen LogP contribution in [-0.4, -0.2) is 162 Å². The third kappa shape index (κ3) is 28.3. The molecule has 0 spiro atoms. The SMILES string of the molecule is COC(=O)[C@H](CCCCNC(=O)CN(CC(=O)NCCc1ccc(F)cc1)C(=O)c1cccc(C(=O)N(CC(=O)NCCCC[C@H](NC(=O)OCc2ccc(OC)c(OCc3ccccc3)c2)C(=O)OC)CC(=O)NCCc2ccc(F)cc2)c1)NC(=O)OCc1ccc(OC)c(OCc2ccccc2)c1. The molecule has 8 amide bonds. The van der Waals surface area contributed by atoms with E-state index in [9.17, 15) is 56.7 Å². The van der Waals surface area contributed by atoms with Gasteiger partial charge in [-0.25, -0.2) is 28.0 Å². The highest BCUT2D eigenvalue weighted by Crippen LogP contribution is 2.31. The van der Waals surface area contributed by atoms with Crippen LogP contribution in [0, 0.1) is 11.6 Å². The first-order valence-corrected chi connectivity index (χ1v) is 34.2. The molecular weight excluding hydrogens is 1370 g/mol. The third-order valence-corrected chi connectivity index (χ3v) is 16.3. The van der Waals surface area contributed by atoms with Gasteiger partial charge in [0.1, 0.15) is 76.3 Å². The van der Waals surface area contributed by atoms with Crippen LogP contribution in [-0.2, 0) is 87.0 Å². The van der Waals surface area contributed by atoms with Crippen molar-refractivity contribution in [3.05, 3.63) is 226 Å². The summed E-state index contributed by atoms with van der Waals surface area (Å²) in [6.45, 7) is -2.25. The van der Waals surface area contributed by atoms with Crippen molar-refractivity contribution in [1.29, 1.82) is 0 Å². The second-order valence-electron chi connectivity index (χ2n) is 24.2. The van der Waals surface area contributed by atoms with Crippen molar-refractivity contribution in [2.45, 2.75) is 89.9 Å². The molecule has 0 aliphatic carbocycles. The Hall–Kier alpha value is -12.1. The Labute approximate surface area is 613 Å². The Balaban J connectivity index is 0.949. The minimum atomic E-state index is -1.13. The maximum atomic E-state index is 14.6. The Kier molecular flexibility index (Phi) is 33.5. The number of hydrogen-bond donors (Lipinski definition) is 6. The van der Waals surface area contributed by atoms with E-state index in [1.54, 1.807) is 60.7 Å². The van der Waals surface area contributed by atoms with Gasteiger partial charge in [0.2, 0.25) is 23.6 Å². The van der Waals surface area contributed by atoms with Crippen LogP contribution in [0.4, 0.5) is 18.4 Å². The quantitative estimate of drug-likeness (QED) is 0.0119. The smallest absolute Gasteiger partial charge is 0.408 e. The molecule has 26 nitrogen and oxygen atoms in total. The number of carbonyl (C=O) groups is 10. The first kappa shape index (κ1) is 81.2. The lowest BCUT2D eigenvalue weighted by molar-refractivity contribution is -0.144. The maximum Gasteiger partial charge on any atom is 0.408 e. The van der Waals surface area contributed by atoms with E-state index in [-0.39, 0.29) is 102 Å². The first-order chi connectivity index (χ1) is 51.3. The van der Waals surface area contributed by atoms with Crippen LogP contribution in [0.3, 0.4) is 0 Å². The van der Waals surface area contributed by atoms with Gasteiger partial charge in [-0.15, -0.1) is 0 Å². The molecule has 0 saturated carbocycles. The molecule has 0 aliphatic rings. The molecule has 0 aromatic heterocycles. The highest BCUT2D eigenvalue weighted by molar-refractivity contribution is 6.03. The van der Waals surface area contributed by atoms with E-state index in [4.69, 9.17) is 37.9 Å². The number of rotatable bonds is 42. The number of carbonyl (C=O) groups excluding carboxylic acids is 10. The average Bonchev–Trinajstić information content (AvgIpc) is 0.854. The van der Waals surface area contributed by atoms with Crippen LogP contribution in [0.5, 0.6) is 23.0 Å². The van der Waals surface area contributed by atoms with E-state index >= 15 is 0 Å². The average molecular weight is 1460 g/mol. The number of nitrogens with one attached hydrogen (secondary N) is 6. The van der Waals surface area contributed by atoms with Crippen molar-refractivity contribution < 1.29 is 94.6 Å². The van der Waals surface area contributed by atoms with Gasteiger partial charge in [-0.05, 0) is 151 Å². The van der Waals surface area contributed by atoms with Crippen LogP contribution in [0.25, 0.3) is 0 Å². The third-order valence-electron chi connectivity index (χ3n) is 16.3. The number of esters is 2. The molecule has 106 heavy (non-hydrogen) atoms. The molecule has 0 radical (unpaired) electrons. The molecule has 7 rings (SSSR count). The number of alkyl carbamates (subject to hydrolysis) is 2. The van der Waals surface area contributed by atoms with Crippen molar-refractivity contribution >= 4 is 59.6 Å². The highest BCUT2D eigenvalue weighted by atomic mass is 19.1. The van der Waals surface area contributed by atoms with E-state index in [0.717, 1.165) is 35.1 Å². The van der Waals surface area contributed by atoms with Gasteiger partial charge in [-0.1, -0.05) is 103 Å². The predicted octanol–water partition coefficient (Wildman–Crippen LogP) is 8.25. The van der Waals surface area contributed by atoms with Crippen LogP contribution >= 0.6 is 0 Å². The predicted molar refractivity (Wildman–Crippen MR) is 384 cm³/mol. The number of methoxy groups -OCH3 is 4. The van der Waals surface area contributed by atoms with Gasteiger partial charge in [-0.3, -0.25) is 28.8 Å². The van der Waals surface area contributed by atoms with E-state index in [1.807, 2.05) is 60.7 Å². The fourth-order valence-corrected chi connectivity index (χ4v) is 10.6. The van der Waals surface area contributed by atoms with E-state index in [0.29, 0.717) is 58.1 Å². The Morgan fingerprint density at radius 1 is 0.368 bits per heavy atom. The van der Waals surface area contributed by atoms with Crippen molar-refractivity contribution in [3.8, 4) is 23.0 Å². The van der Waals surface area contributed by atoms with Crippen molar-refractivity contribution in [2.24, 2.45) is 0 Å². The molecule has 7 aromatic carbocycles. The molecule has 562 valence electrons. The molecule has 0 aliphatic heterocycles. The Morgan fingerprint density at radius 2 is 0.726 bits per heavy atom. The van der Waals surface area contributed by atoms with Gasteiger partial charge in [-0.2, -0.15) is 0 Å². The number of halogens is 2. The van der Waals surface area contributed by atoms with Crippen molar-refractivity contribution in [3.63, 3.8) is 0 Å². The van der Waals surface area contributed by atoms with Gasteiger partial charge >= 0.3 is 24.1 Å². The summed E-state index contributed by atoms with van der Waals surface area (Å²) in [6.07, 6.45) is 0.0324. The number of benzene rings is 7. The molecule has 7 aromatic rings. The molecular formula is C78H88F2N8O18. The Morgan fingerprint density at radius 3 is 1.08 bits per heavy atom. The normalized spacial score (nSPS) is 11.2. The monoisotopic (exact) mass is 1460 g/mol. The summed E-state index contributed by atoms with van der Waals surface area (Å²) < 4.78 is 70.9. The largest absolute Gasteiger partial charge is 0.493 e. The van der Waals surface area contributed by atoms with E-state index < -0.39 is 109 Å². The fraction of sp³-hybridized carbons (Fsp3) is 0.333. The van der Waals surface area contributed by atoms with E-state index in [2.05, 4.69) is 31.9 Å². The zero-order valence-electron chi connectivity index (χ0n) is 59.5. The lowest BCUT2D eigenvalue weighted by Crippen LogP contribution is -2.47. The number of nitrogens with zero attached hydrogens (tertiary/aromatic N) is 2. The highest BCUT2D eigenvalue weighted by Gasteiger charge is 2.28. The van der Waals surface area contributed by atoms with Crippen LogP contribution in [0.1, 0.15) is 92.6 Å². The Bertz CT molecular complexity index is 3790. The standard InChI is InChI=1S/C78H88F2N8O18/c1-99-65-34-28-57(42-67(65)103-49-55-16-7-5-8-17-55)51-105-77(97)85-63(75(95)101-3)22-11-13-38-81-69(89)45-87(47-71(91)83-40-36-53-24-30-61(79)31-25-53)73(93)59-20-15-21-60(44-59)74(94)88(48-72(92)84-41-37-54-26-32-62(80)33-27-54)46-70(90)82-39-14-12-23-64(76(96)102-4)86-78(98)106-52-58-29-35-66(100-2)68(43-58)104-50-56-18-9-6-10-19-56/h5-10,15-21,24-35,42-44,63-64H,11-14,22-23,36-41,45-52H2,1-4H3,(H,81,89)(H,82,90)(H,83,91)(H,84,92)(H,85,97)(H,86,98)/t63-,64-/m0/s1. The number of ether oxygens (including phenoxy) is 8. The number of unbranched alkanes of at least 4 members (excludes halogenated alkanes) is 2. The summed E-state index contributed by atoms with van der Waals surface area (Å²) >= 11 is 0. The molecule has 6 N–H and O–H groups in total. The van der Waals surface area contributed by atoms with E-state index in [1.165, 1.54) is 62.8 Å². The van der Waals surface area contributed by atoms with Crippen molar-refractivity contribution in [1.82, 2.24) is 41.7 Å². The summed E-state index contributed by atoms with van der Waals surface area (Å²) in [7, 11) is 5.33. The number of amides is 8. The zero-order valence-corrected chi connectivity index (χ0v) is 59.5. The molecule has 0 unspecified atom stereocenters. The van der Waals surface area contributed by atoms with Crippen molar-refractivity contribution in [2.75, 3.05) is 80.8 Å². The minimum Gasteiger partial charge on any atom is -0.493 e. The van der Waals surface area contributed by atoms with Gasteiger partial charge in [0.25, 0.3) is 11.8 Å². The summed E-state index contributed by atoms with van der Waals surface area (Å²) in [6, 6.07) is 43.4. The van der Waals surface area contributed by atoms with Gasteiger partial charge < -0.3 is 79.6 Å². The summed E-state index contributed by atoms with van der Waals surface area (Å²) in [5.74, 6) is -5.03. The maximum absolute atomic E-state index is 14.6. The molecule has 0 bridgehead atoms. The lowest BCUT2D eigenvalue weighted by atomic mass is 10.1. The second kappa shape index (κ2) is 43.8. The minimum absolute atomic E-state index is 0.0237. The van der Waals surface area contributed by atoms with Gasteiger partial charge in [0.15, 0.2) is 23.0 Å². The summed E-state index contributed by atoms with van der Waals surface area (Å²) in [4.78, 5) is 137. The fourth-order valence-electron chi connectivity index (χ4n) is 10.6. The molecule has 0 heterocycles. The lowest BCUT2D eigenvalue weighted by Gasteiger charge is -2.24. The first-order valence-electron chi connectivity index (χ1n) is 34.2. The van der Waals surface area contributed by atoms with Crippen LogP contribution < -0.4 is 50.8 Å². The molecule has 0 saturated heterocycles. The van der Waals surface area contributed by atoms with Gasteiger partial charge in [0.05, 0.1) is 28.4 Å². The van der Waals surface area contributed by atoms with Crippen LogP contribution in [0.2, 0.25) is 0 Å². The van der Waals surface area contributed by atoms with Gasteiger partial charge in [0, 0.05) is 37.3 Å². The summed E-state index contributed by atoms with van der Waals surface area (Å²) in [5, 5.41) is 15.9.